The van der Waals surface area contributed by atoms with Crippen molar-refractivity contribution >= 4 is 5.91 Å². The average Bonchev–Trinajstić information content (AvgIpc) is 3.26. The number of ether oxygens (including phenoxy) is 1. The third-order valence-corrected chi connectivity index (χ3v) is 5.00. The zero-order valence-electron chi connectivity index (χ0n) is 14.6. The van der Waals surface area contributed by atoms with Crippen LogP contribution >= 0.6 is 0 Å². The average molecular weight is 345 g/mol. The number of carbonyl (C=O) groups excluding carboxylic acids is 1. The van der Waals surface area contributed by atoms with Gasteiger partial charge in [0, 0.05) is 57.4 Å². The van der Waals surface area contributed by atoms with Crippen molar-refractivity contribution in [2.75, 3.05) is 32.8 Å². The lowest BCUT2D eigenvalue weighted by atomic mass is 10.1. The predicted octanol–water partition coefficient (Wildman–Crippen LogP) is 0.690. The van der Waals surface area contributed by atoms with Crippen LogP contribution in [0.4, 0.5) is 0 Å². The van der Waals surface area contributed by atoms with E-state index in [0.29, 0.717) is 37.1 Å². The number of carbonyl (C=O) groups is 1. The Morgan fingerprint density at radius 3 is 2.96 bits per heavy atom. The van der Waals surface area contributed by atoms with E-state index in [4.69, 9.17) is 9.15 Å². The van der Waals surface area contributed by atoms with Gasteiger partial charge in [-0.2, -0.15) is 5.10 Å². The molecule has 0 aliphatic carbocycles. The van der Waals surface area contributed by atoms with Crippen molar-refractivity contribution in [3.8, 4) is 0 Å². The molecule has 2 fully saturated rings. The van der Waals surface area contributed by atoms with E-state index in [1.54, 1.807) is 6.92 Å². The lowest BCUT2D eigenvalue weighted by Crippen LogP contribution is -2.33. The summed E-state index contributed by atoms with van der Waals surface area (Å²) in [6, 6.07) is 0. The van der Waals surface area contributed by atoms with Crippen molar-refractivity contribution in [1.82, 2.24) is 24.6 Å². The first-order valence-electron chi connectivity index (χ1n) is 8.61. The molecule has 4 heterocycles. The number of aromatic nitrogens is 3. The van der Waals surface area contributed by atoms with Crippen molar-refractivity contribution in [3.63, 3.8) is 0 Å². The van der Waals surface area contributed by atoms with Gasteiger partial charge in [0.05, 0.1) is 24.6 Å². The van der Waals surface area contributed by atoms with Gasteiger partial charge in [-0.3, -0.25) is 14.4 Å². The maximum absolute atomic E-state index is 12.6. The van der Waals surface area contributed by atoms with Crippen molar-refractivity contribution in [1.29, 1.82) is 0 Å². The van der Waals surface area contributed by atoms with Gasteiger partial charge < -0.3 is 14.1 Å². The van der Waals surface area contributed by atoms with Gasteiger partial charge >= 0.3 is 0 Å². The highest BCUT2D eigenvalue weighted by molar-refractivity contribution is 5.92. The Morgan fingerprint density at radius 2 is 2.24 bits per heavy atom. The molecule has 2 aromatic heterocycles. The molecular formula is C17H23N5O3. The second-order valence-electron chi connectivity index (χ2n) is 6.90. The highest BCUT2D eigenvalue weighted by Crippen LogP contribution is 2.26. The highest BCUT2D eigenvalue weighted by atomic mass is 16.5. The Bertz CT molecular complexity index is 755. The monoisotopic (exact) mass is 345 g/mol. The zero-order chi connectivity index (χ0) is 17.4. The summed E-state index contributed by atoms with van der Waals surface area (Å²) < 4.78 is 13.1. The first-order chi connectivity index (χ1) is 12.1. The zero-order valence-corrected chi connectivity index (χ0v) is 14.6. The number of likely N-dealkylation sites (tertiary alicyclic amines) is 1. The van der Waals surface area contributed by atoms with E-state index in [1.165, 1.54) is 12.0 Å². The summed E-state index contributed by atoms with van der Waals surface area (Å²) in [5.74, 6) is 0.556. The Hall–Kier alpha value is -2.19. The summed E-state index contributed by atoms with van der Waals surface area (Å²) >= 11 is 0. The van der Waals surface area contributed by atoms with Crippen LogP contribution in [0.2, 0.25) is 0 Å². The topological polar surface area (TPSA) is 76.6 Å². The third-order valence-electron chi connectivity index (χ3n) is 5.00. The summed E-state index contributed by atoms with van der Waals surface area (Å²) in [6.07, 6.45) is 5.36. The minimum atomic E-state index is -0.0921. The number of hydrogen-bond donors (Lipinski definition) is 0. The number of rotatable bonds is 3. The number of amides is 1. The van der Waals surface area contributed by atoms with Crippen LogP contribution in [0.3, 0.4) is 0 Å². The first-order valence-corrected chi connectivity index (χ1v) is 8.61. The molecule has 25 heavy (non-hydrogen) atoms. The van der Waals surface area contributed by atoms with Crippen LogP contribution in [0.1, 0.15) is 21.8 Å². The van der Waals surface area contributed by atoms with Crippen LogP contribution in [0.5, 0.6) is 0 Å². The minimum absolute atomic E-state index is 0.0890. The van der Waals surface area contributed by atoms with Gasteiger partial charge in [-0.25, -0.2) is 4.98 Å². The van der Waals surface area contributed by atoms with E-state index in [2.05, 4.69) is 15.0 Å². The van der Waals surface area contributed by atoms with Gasteiger partial charge in [-0.1, -0.05) is 0 Å². The van der Waals surface area contributed by atoms with E-state index in [1.807, 2.05) is 29.0 Å². The molecule has 0 bridgehead atoms. The van der Waals surface area contributed by atoms with Gasteiger partial charge in [-0.05, 0) is 6.92 Å². The number of oxazole rings is 1. The summed E-state index contributed by atoms with van der Waals surface area (Å²) in [5.41, 5.74) is 1.83. The number of aryl methyl sites for hydroxylation is 2. The molecule has 2 aliphatic heterocycles. The van der Waals surface area contributed by atoms with Gasteiger partial charge in [0.1, 0.15) is 0 Å². The van der Waals surface area contributed by atoms with Crippen molar-refractivity contribution < 1.29 is 13.9 Å². The van der Waals surface area contributed by atoms with Crippen LogP contribution in [-0.2, 0) is 18.3 Å². The van der Waals surface area contributed by atoms with Gasteiger partial charge in [0.15, 0.2) is 6.39 Å². The molecule has 134 valence electrons. The molecule has 0 saturated carbocycles. The van der Waals surface area contributed by atoms with Crippen molar-refractivity contribution in [2.45, 2.75) is 19.6 Å². The van der Waals surface area contributed by atoms with Crippen molar-refractivity contribution in [2.24, 2.45) is 13.0 Å². The van der Waals surface area contributed by atoms with E-state index in [9.17, 15) is 4.79 Å². The molecule has 2 aliphatic rings. The fraction of sp³-hybridized carbons (Fsp3) is 0.588. The summed E-state index contributed by atoms with van der Waals surface area (Å²) in [7, 11) is 1.93. The van der Waals surface area contributed by atoms with Crippen LogP contribution in [0, 0.1) is 12.8 Å². The number of fused-ring (bicyclic) bond motifs is 1. The normalized spacial score (nSPS) is 24.3. The molecule has 4 rings (SSSR count). The fourth-order valence-electron chi connectivity index (χ4n) is 3.73. The predicted molar refractivity (Wildman–Crippen MR) is 88.9 cm³/mol. The SMILES string of the molecule is Cc1ncoc1C(=O)N1C[C@H]2CN(Cc3cnn(C)c3)CCO[C@H]2C1. The molecule has 2 aromatic rings. The van der Waals surface area contributed by atoms with Crippen LogP contribution in [-0.4, -0.2) is 69.4 Å². The Labute approximate surface area is 146 Å². The Morgan fingerprint density at radius 1 is 1.36 bits per heavy atom. The highest BCUT2D eigenvalue weighted by Gasteiger charge is 2.39. The second-order valence-corrected chi connectivity index (χ2v) is 6.90. The summed E-state index contributed by atoms with van der Waals surface area (Å²) in [5, 5.41) is 4.23. The molecular weight excluding hydrogens is 322 g/mol. The molecule has 0 spiro atoms. The second kappa shape index (κ2) is 6.61. The quantitative estimate of drug-likeness (QED) is 0.815. The lowest BCUT2D eigenvalue weighted by molar-refractivity contribution is 0.0476. The van der Waals surface area contributed by atoms with E-state index in [-0.39, 0.29) is 12.0 Å². The van der Waals surface area contributed by atoms with Gasteiger partial charge in [0.2, 0.25) is 5.76 Å². The number of nitrogens with zero attached hydrogens (tertiary/aromatic N) is 5. The molecule has 8 nitrogen and oxygen atoms in total. The molecule has 8 heteroatoms. The smallest absolute Gasteiger partial charge is 0.291 e. The summed E-state index contributed by atoms with van der Waals surface area (Å²) in [4.78, 5) is 20.9. The molecule has 0 radical (unpaired) electrons. The molecule has 0 N–H and O–H groups in total. The van der Waals surface area contributed by atoms with E-state index in [0.717, 1.165) is 19.6 Å². The summed E-state index contributed by atoms with van der Waals surface area (Å²) in [6.45, 7) is 6.45. The van der Waals surface area contributed by atoms with E-state index < -0.39 is 0 Å². The fourth-order valence-corrected chi connectivity index (χ4v) is 3.73. The Kier molecular flexibility index (Phi) is 4.30. The van der Waals surface area contributed by atoms with Gasteiger partial charge in [-0.15, -0.1) is 0 Å². The van der Waals surface area contributed by atoms with Crippen LogP contribution < -0.4 is 0 Å². The maximum Gasteiger partial charge on any atom is 0.291 e. The van der Waals surface area contributed by atoms with E-state index >= 15 is 0 Å². The third kappa shape index (κ3) is 3.32. The number of hydrogen-bond acceptors (Lipinski definition) is 6. The molecule has 1 amide bonds. The molecule has 2 saturated heterocycles. The Balaban J connectivity index is 1.42. The minimum Gasteiger partial charge on any atom is -0.438 e. The van der Waals surface area contributed by atoms with Gasteiger partial charge in [0.25, 0.3) is 5.91 Å². The molecule has 2 atom stereocenters. The maximum atomic E-state index is 12.6. The molecule has 0 unspecified atom stereocenters. The largest absolute Gasteiger partial charge is 0.438 e. The lowest BCUT2D eigenvalue weighted by Gasteiger charge is -2.22. The van der Waals surface area contributed by atoms with Crippen LogP contribution in [0.25, 0.3) is 0 Å². The molecule has 0 aromatic carbocycles. The van der Waals surface area contributed by atoms with Crippen LogP contribution in [0.15, 0.2) is 23.2 Å². The standard InChI is InChI=1S/C17H23N5O3/c1-12-16(25-11-18-12)17(23)22-9-14-8-21(3-4-24-15(14)10-22)7-13-5-19-20(2)6-13/h5-6,11,14-15H,3-4,7-10H2,1-2H3/t14-,15+/m1/s1. The van der Waals surface area contributed by atoms with Crippen molar-refractivity contribution in [3.05, 3.63) is 35.8 Å². The first kappa shape index (κ1) is 16.3.